The zero-order chi connectivity index (χ0) is 58.1. The van der Waals surface area contributed by atoms with Crippen molar-refractivity contribution >= 4 is 23.9 Å². The van der Waals surface area contributed by atoms with E-state index in [1.165, 1.54) is 48.5 Å². The lowest BCUT2D eigenvalue weighted by Gasteiger charge is -2.26. The number of ether oxygens (including phenoxy) is 4. The quantitative estimate of drug-likeness (QED) is 0.0890. The van der Waals surface area contributed by atoms with Crippen LogP contribution in [0.25, 0.3) is 0 Å². The fraction of sp³-hybridized carbons (Fsp3) is 0.250. The molecule has 16 heteroatoms. The fourth-order valence-electron chi connectivity index (χ4n) is 8.18. The van der Waals surface area contributed by atoms with Crippen LogP contribution < -0.4 is 18.9 Å². The molecule has 0 radical (unpaired) electrons. The van der Waals surface area contributed by atoms with Crippen molar-refractivity contribution in [3.63, 3.8) is 0 Å². The molecule has 4 aromatic carbocycles. The Morgan fingerprint density at radius 3 is 0.537 bits per heavy atom. The molecule has 4 heterocycles. The van der Waals surface area contributed by atoms with Crippen LogP contribution >= 0.6 is 0 Å². The third-order valence-electron chi connectivity index (χ3n) is 11.2. The fourth-order valence-corrected chi connectivity index (χ4v) is 8.18. The van der Waals surface area contributed by atoms with E-state index in [1.807, 2.05) is 128 Å². The summed E-state index contributed by atoms with van der Waals surface area (Å²) < 4.78 is 25.8. The third kappa shape index (κ3) is 19.5. The number of pyridine rings is 4. The third-order valence-corrected chi connectivity index (χ3v) is 11.2. The molecule has 0 aliphatic heterocycles. The van der Waals surface area contributed by atoms with Gasteiger partial charge in [0.05, 0.1) is 46.7 Å². The largest absolute Gasteiger partial charge is 0.490 e. The minimum atomic E-state index is -1.21. The monoisotopic (exact) mass is 1080 g/mol. The van der Waals surface area contributed by atoms with Gasteiger partial charge in [-0.2, -0.15) is 0 Å². The first-order chi connectivity index (χ1) is 38.3. The van der Waals surface area contributed by atoms with Gasteiger partial charge in [0.1, 0.15) is 23.0 Å². The number of hydrogen-bond acceptors (Lipinski definition) is 12. The minimum absolute atomic E-state index is 0.0160. The summed E-state index contributed by atoms with van der Waals surface area (Å²) in [5.74, 6) is -3.40. The Morgan fingerprint density at radius 2 is 0.450 bits per heavy atom. The van der Waals surface area contributed by atoms with E-state index in [-0.39, 0.29) is 72.4 Å². The Morgan fingerprint density at radius 1 is 0.300 bits per heavy atom. The molecule has 4 aromatic heterocycles. The van der Waals surface area contributed by atoms with E-state index in [0.717, 1.165) is 0 Å². The van der Waals surface area contributed by atoms with Crippen molar-refractivity contribution < 1.29 is 58.6 Å². The number of carbonyl (C=O) groups is 4. The van der Waals surface area contributed by atoms with Gasteiger partial charge in [-0.1, -0.05) is 24.3 Å². The molecule has 1 aliphatic carbocycles. The highest BCUT2D eigenvalue weighted by atomic mass is 16.5. The number of rotatable bonds is 12. The maximum absolute atomic E-state index is 12.7. The molecule has 4 N–H and O–H groups in total. The van der Waals surface area contributed by atoms with Crippen LogP contribution in [0.2, 0.25) is 0 Å². The molecule has 9 rings (SSSR count). The van der Waals surface area contributed by atoms with Crippen molar-refractivity contribution in [1.82, 2.24) is 19.9 Å². The van der Waals surface area contributed by atoms with Crippen LogP contribution in [0.4, 0.5) is 0 Å². The maximum Gasteiger partial charge on any atom is 0.335 e. The lowest BCUT2D eigenvalue weighted by atomic mass is 9.88. The van der Waals surface area contributed by atoms with Gasteiger partial charge >= 0.3 is 23.9 Å². The minimum Gasteiger partial charge on any atom is -0.490 e. The Hall–Kier alpha value is -9.44. The average Bonchev–Trinajstić information content (AvgIpc) is 3.48. The highest BCUT2D eigenvalue weighted by molar-refractivity contribution is 5.91. The van der Waals surface area contributed by atoms with Crippen molar-refractivity contribution in [1.29, 1.82) is 0 Å². The lowest BCUT2D eigenvalue weighted by molar-refractivity contribution is 0.0685. The molecule has 1 aliphatic rings. The molecule has 8 aromatic rings. The number of aromatic nitrogens is 4. The summed E-state index contributed by atoms with van der Waals surface area (Å²) in [5.41, 5.74) is 3.25. The summed E-state index contributed by atoms with van der Waals surface area (Å²) >= 11 is 0. The van der Waals surface area contributed by atoms with Gasteiger partial charge in [-0.15, -0.1) is 0 Å². The number of benzene rings is 4. The van der Waals surface area contributed by atoms with Crippen LogP contribution in [-0.2, 0) is 25.7 Å². The van der Waals surface area contributed by atoms with Crippen LogP contribution in [0, 0.1) is 0 Å². The van der Waals surface area contributed by atoms with Crippen LogP contribution in [-0.4, -0.2) is 88.7 Å². The molecule has 0 amide bonds. The molecule has 0 saturated carbocycles. The number of aromatic carboxylic acids is 4. The number of hydrogen-bond donors (Lipinski definition) is 4. The molecule has 0 unspecified atom stereocenters. The van der Waals surface area contributed by atoms with Gasteiger partial charge in [0, 0.05) is 75.3 Å². The van der Waals surface area contributed by atoms with E-state index >= 15 is 0 Å². The molecule has 0 spiro atoms. The topological polar surface area (TPSA) is 238 Å². The summed E-state index contributed by atoms with van der Waals surface area (Å²) in [6.07, 6.45) is 12.4. The smallest absolute Gasteiger partial charge is 0.335 e. The summed E-state index contributed by atoms with van der Waals surface area (Å²) in [4.78, 5) is 65.9. The maximum atomic E-state index is 12.7. The molecule has 0 fully saturated rings. The summed E-state index contributed by atoms with van der Waals surface area (Å²) in [6.45, 7) is 14.6. The first-order valence-corrected chi connectivity index (χ1v) is 25.9. The summed E-state index contributed by atoms with van der Waals surface area (Å²) in [6, 6.07) is 34.8. The van der Waals surface area contributed by atoms with Gasteiger partial charge in [0.15, 0.2) is 0 Å². The van der Waals surface area contributed by atoms with Crippen LogP contribution in [0.1, 0.15) is 141 Å². The van der Waals surface area contributed by atoms with Crippen LogP contribution in [0.5, 0.6) is 23.0 Å². The molecule has 0 atom stereocenters. The van der Waals surface area contributed by atoms with Crippen molar-refractivity contribution in [3.8, 4) is 23.0 Å². The predicted octanol–water partition coefficient (Wildman–Crippen LogP) is 12.6. The second-order valence-electron chi connectivity index (χ2n) is 19.2. The second-order valence-corrected chi connectivity index (χ2v) is 19.2. The molecule has 416 valence electrons. The van der Waals surface area contributed by atoms with Gasteiger partial charge in [0.25, 0.3) is 0 Å². The number of carboxylic acid groups (broad SMARTS) is 4. The van der Waals surface area contributed by atoms with E-state index in [2.05, 4.69) is 19.9 Å². The first-order valence-electron chi connectivity index (χ1n) is 25.9. The van der Waals surface area contributed by atoms with Crippen molar-refractivity contribution in [2.75, 3.05) is 0 Å². The van der Waals surface area contributed by atoms with Crippen molar-refractivity contribution in [3.05, 3.63) is 238 Å². The van der Waals surface area contributed by atoms with E-state index in [4.69, 9.17) is 18.9 Å². The zero-order valence-electron chi connectivity index (χ0n) is 46.1. The molecule has 0 saturated heterocycles. The SMILES string of the molecule is CC(C)Oc1c2cc(C(=O)O)cc1Cc1cc(C(=O)O)cc(c1OC(C)C)Cc1cc(C(=O)O)cc(c1OC(C)C)Cc1cc(C(=O)O)cc(c1OC(C)C)C2.c1ccncc1.c1ccncc1.c1ccncc1.c1ccncc1. The average molecular weight is 1090 g/mol. The van der Waals surface area contributed by atoms with Gasteiger partial charge < -0.3 is 39.4 Å². The van der Waals surface area contributed by atoms with E-state index in [9.17, 15) is 39.6 Å². The van der Waals surface area contributed by atoms with E-state index < -0.39 is 23.9 Å². The molecular weight excluding hydrogens is 1020 g/mol. The van der Waals surface area contributed by atoms with E-state index in [1.54, 1.807) is 49.6 Å². The number of carboxylic acids is 4. The molecular formula is C64H68N4O12. The van der Waals surface area contributed by atoms with Crippen molar-refractivity contribution in [2.45, 2.75) is 105 Å². The summed E-state index contributed by atoms with van der Waals surface area (Å²) in [5, 5.41) is 41.4. The van der Waals surface area contributed by atoms with E-state index in [0.29, 0.717) is 67.5 Å². The van der Waals surface area contributed by atoms with Gasteiger partial charge in [-0.3, -0.25) is 19.9 Å². The van der Waals surface area contributed by atoms with Crippen LogP contribution in [0.3, 0.4) is 0 Å². The Kier molecular flexibility index (Phi) is 23.9. The Bertz CT molecular complexity index is 2610. The standard InChI is InChI=1S/C44H48O12.4C5H5N/c1-21(2)53-37-25-9-27-15-34(42(47)48)17-29(38(27)54-22(3)4)11-31-19-36(44(51)52)20-32(40(31)56-24(7)8)12-30-18-35(43(49)50)16-28(39(30)55-23(5)6)10-26(37)14-33(13-25)41(45)46;4*1-2-4-6-5-3-1/h13-24H,9-12H2,1-8H3,(H,45,46)(H,47,48)(H,49,50)(H,51,52);4*1-5H. The normalized spacial score (nSPS) is 11.2. The summed E-state index contributed by atoms with van der Waals surface area (Å²) in [7, 11) is 0. The number of fused-ring (bicyclic) bond motifs is 8. The van der Waals surface area contributed by atoms with Gasteiger partial charge in [-0.05, 0) is 197 Å². The first kappa shape index (κ1) is 61.4. The highest BCUT2D eigenvalue weighted by Gasteiger charge is 2.28. The molecule has 8 bridgehead atoms. The molecule has 80 heavy (non-hydrogen) atoms. The molecule has 16 nitrogen and oxygen atoms in total. The zero-order valence-corrected chi connectivity index (χ0v) is 46.1. The lowest BCUT2D eigenvalue weighted by Crippen LogP contribution is -2.17. The Balaban J connectivity index is 0.000000395. The highest BCUT2D eigenvalue weighted by Crippen LogP contribution is 2.42. The second kappa shape index (κ2) is 31.1. The van der Waals surface area contributed by atoms with Crippen molar-refractivity contribution in [2.24, 2.45) is 0 Å². The van der Waals surface area contributed by atoms with Gasteiger partial charge in [0.2, 0.25) is 0 Å². The van der Waals surface area contributed by atoms with Crippen LogP contribution in [0.15, 0.2) is 171 Å². The van der Waals surface area contributed by atoms with Gasteiger partial charge in [-0.25, -0.2) is 19.2 Å². The predicted molar refractivity (Wildman–Crippen MR) is 305 cm³/mol. The Labute approximate surface area is 466 Å². The number of nitrogens with zero attached hydrogens (tertiary/aromatic N) is 4.